The Labute approximate surface area is 430 Å². The fourth-order valence-corrected chi connectivity index (χ4v) is 12.2. The van der Waals surface area contributed by atoms with Gasteiger partial charge in [-0.05, 0) is 145 Å². The summed E-state index contributed by atoms with van der Waals surface area (Å²) in [6.07, 6.45) is 0. The Morgan fingerprint density at radius 1 is 0.297 bits per heavy atom. The molecule has 0 atom stereocenters. The summed E-state index contributed by atoms with van der Waals surface area (Å²) in [6.45, 7) is 13.4. The Hall–Kier alpha value is -9.12. The second-order valence-corrected chi connectivity index (χ2v) is 20.3. The Bertz CT molecular complexity index is 4260. The first-order chi connectivity index (χ1) is 36.2. The maximum absolute atomic E-state index is 6.66. The third kappa shape index (κ3) is 6.61. The minimum atomic E-state index is 0.899. The van der Waals surface area contributed by atoms with Gasteiger partial charge in [-0.2, -0.15) is 0 Å². The van der Waals surface area contributed by atoms with Gasteiger partial charge in [0.2, 0.25) is 0 Å². The molecule has 2 heterocycles. The normalized spacial score (nSPS) is 11.9. The van der Waals surface area contributed by atoms with Crippen LogP contribution in [0, 0.1) is 41.5 Å². The molecule has 354 valence electrons. The molecule has 0 unspecified atom stereocenters. The summed E-state index contributed by atoms with van der Waals surface area (Å²) in [7, 11) is 0. The summed E-state index contributed by atoms with van der Waals surface area (Å²) in [5, 5.41) is 11.8. The van der Waals surface area contributed by atoms with Gasteiger partial charge >= 0.3 is 0 Å². The van der Waals surface area contributed by atoms with E-state index in [2.05, 4.69) is 245 Å². The summed E-state index contributed by atoms with van der Waals surface area (Å²) < 4.78 is 13.3. The van der Waals surface area contributed by atoms with Crippen LogP contribution >= 0.6 is 0 Å². The van der Waals surface area contributed by atoms with E-state index in [1.807, 2.05) is 12.1 Å². The average Bonchev–Trinajstić information content (AvgIpc) is 4.06. The maximum atomic E-state index is 6.66. The fourth-order valence-electron chi connectivity index (χ4n) is 12.2. The lowest BCUT2D eigenvalue weighted by molar-refractivity contribution is 0.669. The molecular formula is C70H52N2O2. The fraction of sp³-hybridized carbons (Fsp3) is 0.0857. The molecule has 14 rings (SSSR count). The zero-order chi connectivity index (χ0) is 49.9. The first-order valence-electron chi connectivity index (χ1n) is 25.7. The van der Waals surface area contributed by atoms with Crippen molar-refractivity contribution in [2.75, 3.05) is 9.80 Å². The molecule has 0 N–H and O–H groups in total. The van der Waals surface area contributed by atoms with E-state index in [1.54, 1.807) is 0 Å². The van der Waals surface area contributed by atoms with Gasteiger partial charge in [0.1, 0.15) is 22.3 Å². The number of furan rings is 2. The Morgan fingerprint density at radius 2 is 0.689 bits per heavy atom. The van der Waals surface area contributed by atoms with Gasteiger partial charge < -0.3 is 18.6 Å². The van der Waals surface area contributed by atoms with Crippen LogP contribution in [0.15, 0.2) is 215 Å². The van der Waals surface area contributed by atoms with E-state index in [4.69, 9.17) is 8.83 Å². The van der Waals surface area contributed by atoms with Crippen LogP contribution in [0.1, 0.15) is 33.4 Å². The number of benzene rings is 12. The summed E-state index contributed by atoms with van der Waals surface area (Å²) in [5.41, 5.74) is 22.0. The molecule has 0 aliphatic carbocycles. The van der Waals surface area contributed by atoms with Crippen LogP contribution in [-0.2, 0) is 0 Å². The van der Waals surface area contributed by atoms with Crippen LogP contribution in [0.4, 0.5) is 34.1 Å². The second-order valence-electron chi connectivity index (χ2n) is 20.3. The molecule has 0 radical (unpaired) electrons. The standard InChI is InChI=1S/C70H52N2O2/c1-41-21-31-49(32-22-41)71(67-43(3)25-35-51(45(67)5)55-15-11-17-57-53-13-7-9-19-63(53)73-69(55)57)61-39-29-47-28-38-60-62(40-30-48-27-37-59(61)65(47)66(48)60)72(50-33-23-42(2)24-34-50)68-44(4)26-36-52(46(68)6)56-16-12-18-58-54-14-8-10-20-64(54)74-70(56)58/h7-40H,1-6H3. The summed E-state index contributed by atoms with van der Waals surface area (Å²) in [4.78, 5) is 5.00. The predicted molar refractivity (Wildman–Crippen MR) is 313 cm³/mol. The van der Waals surface area contributed by atoms with E-state index in [9.17, 15) is 0 Å². The third-order valence-corrected chi connectivity index (χ3v) is 15.8. The van der Waals surface area contributed by atoms with E-state index in [-0.39, 0.29) is 0 Å². The first-order valence-corrected chi connectivity index (χ1v) is 25.7. The van der Waals surface area contributed by atoms with Crippen molar-refractivity contribution >= 4 is 110 Å². The molecule has 0 fully saturated rings. The average molecular weight is 953 g/mol. The number of rotatable bonds is 8. The van der Waals surface area contributed by atoms with Crippen molar-refractivity contribution < 1.29 is 8.83 Å². The highest BCUT2D eigenvalue weighted by molar-refractivity contribution is 6.28. The van der Waals surface area contributed by atoms with Crippen molar-refractivity contribution in [2.24, 2.45) is 0 Å². The van der Waals surface area contributed by atoms with Crippen molar-refractivity contribution in [2.45, 2.75) is 41.5 Å². The van der Waals surface area contributed by atoms with Crippen LogP contribution in [-0.4, -0.2) is 0 Å². The molecule has 4 nitrogen and oxygen atoms in total. The molecule has 0 saturated carbocycles. The van der Waals surface area contributed by atoms with E-state index in [1.165, 1.54) is 65.7 Å². The van der Waals surface area contributed by atoms with Gasteiger partial charge in [0.25, 0.3) is 0 Å². The lowest BCUT2D eigenvalue weighted by Crippen LogP contribution is -2.15. The van der Waals surface area contributed by atoms with Crippen molar-refractivity contribution in [1.82, 2.24) is 0 Å². The number of fused-ring (bicyclic) bond motifs is 6. The summed E-state index contributed by atoms with van der Waals surface area (Å²) in [5.74, 6) is 0. The van der Waals surface area contributed by atoms with E-state index < -0.39 is 0 Å². The van der Waals surface area contributed by atoms with Crippen LogP contribution in [0.2, 0.25) is 0 Å². The molecule has 0 bridgehead atoms. The van der Waals surface area contributed by atoms with Crippen LogP contribution in [0.3, 0.4) is 0 Å². The molecular weight excluding hydrogens is 901 g/mol. The first kappa shape index (κ1) is 43.7. The van der Waals surface area contributed by atoms with Gasteiger partial charge in [-0.1, -0.05) is 169 Å². The molecule has 12 aromatic carbocycles. The molecule has 0 aliphatic rings. The lowest BCUT2D eigenvalue weighted by Gasteiger charge is -2.32. The van der Waals surface area contributed by atoms with Gasteiger partial charge in [0.05, 0.1) is 22.7 Å². The smallest absolute Gasteiger partial charge is 0.143 e. The van der Waals surface area contributed by atoms with Crippen molar-refractivity contribution in [3.63, 3.8) is 0 Å². The largest absolute Gasteiger partial charge is 0.455 e. The second kappa shape index (κ2) is 16.7. The number of hydrogen-bond donors (Lipinski definition) is 0. The Morgan fingerprint density at radius 3 is 1.12 bits per heavy atom. The van der Waals surface area contributed by atoms with Crippen LogP contribution in [0.25, 0.3) is 98.4 Å². The zero-order valence-corrected chi connectivity index (χ0v) is 42.3. The van der Waals surface area contributed by atoms with E-state index >= 15 is 0 Å². The van der Waals surface area contributed by atoms with Gasteiger partial charge in [0, 0.05) is 54.8 Å². The number of nitrogens with zero attached hydrogens (tertiary/aromatic N) is 2. The van der Waals surface area contributed by atoms with E-state index in [0.29, 0.717) is 0 Å². The summed E-state index contributed by atoms with van der Waals surface area (Å²) in [6, 6.07) is 75.5. The maximum Gasteiger partial charge on any atom is 0.143 e. The van der Waals surface area contributed by atoms with Crippen molar-refractivity contribution in [3.8, 4) is 22.3 Å². The predicted octanol–water partition coefficient (Wildman–Crippen LogP) is 20.5. The number of hydrogen-bond acceptors (Lipinski definition) is 4. The molecule has 14 aromatic rings. The number of anilines is 6. The molecule has 2 aromatic heterocycles. The van der Waals surface area contributed by atoms with Gasteiger partial charge in [-0.3, -0.25) is 0 Å². The minimum Gasteiger partial charge on any atom is -0.455 e. The highest BCUT2D eigenvalue weighted by Crippen LogP contribution is 2.51. The van der Waals surface area contributed by atoms with E-state index in [0.717, 1.165) is 100 Å². The summed E-state index contributed by atoms with van der Waals surface area (Å²) >= 11 is 0. The van der Waals surface area contributed by atoms with Gasteiger partial charge in [-0.25, -0.2) is 0 Å². The Balaban J connectivity index is 0.991. The highest BCUT2D eigenvalue weighted by Gasteiger charge is 2.27. The molecule has 0 saturated heterocycles. The Kier molecular flexibility index (Phi) is 9.87. The highest BCUT2D eigenvalue weighted by atomic mass is 16.3. The number of aryl methyl sites for hydroxylation is 4. The van der Waals surface area contributed by atoms with Gasteiger partial charge in [-0.15, -0.1) is 0 Å². The lowest BCUT2D eigenvalue weighted by atomic mass is 9.90. The molecule has 0 spiro atoms. The number of para-hydroxylation sites is 4. The molecule has 74 heavy (non-hydrogen) atoms. The monoisotopic (exact) mass is 952 g/mol. The molecule has 0 aliphatic heterocycles. The van der Waals surface area contributed by atoms with Crippen LogP contribution in [0.5, 0.6) is 0 Å². The van der Waals surface area contributed by atoms with Crippen molar-refractivity contribution in [1.29, 1.82) is 0 Å². The zero-order valence-electron chi connectivity index (χ0n) is 42.3. The molecule has 4 heteroatoms. The topological polar surface area (TPSA) is 32.8 Å². The van der Waals surface area contributed by atoms with Crippen LogP contribution < -0.4 is 9.80 Å². The SMILES string of the molecule is Cc1ccc(N(c2c(C)ccc(-c3cccc4c3oc3ccccc34)c2C)c2ccc3ccc4c(N(c5ccc(C)cc5)c5c(C)ccc(-c6cccc7c6oc6ccccc67)c5C)ccc5ccc2c3c54)cc1. The third-order valence-electron chi connectivity index (χ3n) is 15.8. The van der Waals surface area contributed by atoms with Gasteiger partial charge in [0.15, 0.2) is 0 Å². The van der Waals surface area contributed by atoms with Crippen molar-refractivity contribution in [3.05, 3.63) is 240 Å². The molecule has 0 amide bonds. The quantitative estimate of drug-likeness (QED) is 0.142. The minimum absolute atomic E-state index is 0.899.